The molecule has 0 atom stereocenters. The molecular formula is C32H46N4O6. The number of Topliss-reactive ketones (excluding diaryl/α,β-unsaturated/α-hetero) is 1. The minimum Gasteiger partial charge on any atom is -0.497 e. The van der Waals surface area contributed by atoms with Gasteiger partial charge in [0, 0.05) is 77.9 Å². The van der Waals surface area contributed by atoms with Crippen LogP contribution < -0.4 is 24.3 Å². The molecule has 10 nitrogen and oxygen atoms in total. The minimum absolute atomic E-state index is 0.370. The Hall–Kier alpha value is -3.36. The fraction of sp³-hybridized carbons (Fsp3) is 0.562. The normalized spacial score (nSPS) is 17.0. The number of ketones is 1. The lowest BCUT2D eigenvalue weighted by molar-refractivity contribution is -0.121. The van der Waals surface area contributed by atoms with Gasteiger partial charge in [0.05, 0.1) is 41.1 Å². The van der Waals surface area contributed by atoms with Crippen LogP contribution in [0.25, 0.3) is 0 Å². The minimum atomic E-state index is -0.429. The van der Waals surface area contributed by atoms with Gasteiger partial charge in [-0.15, -0.1) is 0 Å². The van der Waals surface area contributed by atoms with Crippen molar-refractivity contribution in [2.75, 3.05) is 74.9 Å². The molecular weight excluding hydrogens is 536 g/mol. The predicted molar refractivity (Wildman–Crippen MR) is 161 cm³/mol. The summed E-state index contributed by atoms with van der Waals surface area (Å²) in [5, 5.41) is 12.9. The van der Waals surface area contributed by atoms with Gasteiger partial charge in [-0.2, -0.15) is 5.26 Å². The molecule has 230 valence electrons. The van der Waals surface area contributed by atoms with Gasteiger partial charge in [-0.1, -0.05) is 0 Å². The Labute approximate surface area is 250 Å². The smallest absolute Gasteiger partial charge is 0.135 e. The maximum absolute atomic E-state index is 11.2. The molecule has 2 aliphatic rings. The van der Waals surface area contributed by atoms with Crippen LogP contribution in [0.4, 0.5) is 0 Å². The van der Waals surface area contributed by atoms with Crippen molar-refractivity contribution in [3.8, 4) is 29.1 Å². The van der Waals surface area contributed by atoms with Crippen molar-refractivity contribution in [2.24, 2.45) is 0 Å². The monoisotopic (exact) mass is 582 g/mol. The molecule has 2 saturated heterocycles. The highest BCUT2D eigenvalue weighted by atomic mass is 16.5. The summed E-state index contributed by atoms with van der Waals surface area (Å²) < 4.78 is 26.2. The van der Waals surface area contributed by atoms with Crippen molar-refractivity contribution in [2.45, 2.75) is 44.3 Å². The first-order valence-electron chi connectivity index (χ1n) is 14.4. The van der Waals surface area contributed by atoms with Crippen LogP contribution in [-0.4, -0.2) is 96.0 Å². The molecule has 0 radical (unpaired) electrons. The number of nitriles is 1. The Morgan fingerprint density at radius 2 is 1.17 bits per heavy atom. The van der Waals surface area contributed by atoms with Crippen molar-refractivity contribution >= 4 is 5.78 Å². The number of benzene rings is 2. The van der Waals surface area contributed by atoms with Crippen LogP contribution in [0.2, 0.25) is 0 Å². The average Bonchev–Trinajstić information content (AvgIpc) is 3.03. The van der Waals surface area contributed by atoms with Crippen LogP contribution >= 0.6 is 0 Å². The van der Waals surface area contributed by atoms with E-state index in [1.165, 1.54) is 0 Å². The van der Waals surface area contributed by atoms with E-state index < -0.39 is 5.54 Å². The Morgan fingerprint density at radius 1 is 0.738 bits per heavy atom. The Morgan fingerprint density at radius 3 is 1.55 bits per heavy atom. The maximum atomic E-state index is 11.2. The van der Waals surface area contributed by atoms with Gasteiger partial charge in [0.2, 0.25) is 0 Å². The first-order chi connectivity index (χ1) is 20.3. The maximum Gasteiger partial charge on any atom is 0.135 e. The lowest BCUT2D eigenvalue weighted by atomic mass is 9.88. The first-order valence-corrected chi connectivity index (χ1v) is 14.4. The van der Waals surface area contributed by atoms with Crippen LogP contribution in [0.1, 0.15) is 36.8 Å². The number of hydrogen-bond donors (Lipinski definition) is 1. The Balaban J connectivity index is 0.000000240. The van der Waals surface area contributed by atoms with E-state index in [-0.39, 0.29) is 0 Å². The zero-order valence-electron chi connectivity index (χ0n) is 25.7. The van der Waals surface area contributed by atoms with Crippen LogP contribution in [0, 0.1) is 11.3 Å². The number of nitrogens with zero attached hydrogens (tertiary/aromatic N) is 3. The van der Waals surface area contributed by atoms with Gasteiger partial charge in [-0.3, -0.25) is 19.9 Å². The van der Waals surface area contributed by atoms with Crippen LogP contribution in [-0.2, 0) is 22.6 Å². The number of carbonyl (C=O) groups excluding carboxylic acids is 1. The van der Waals surface area contributed by atoms with Gasteiger partial charge in [-0.05, 0) is 48.2 Å². The zero-order valence-corrected chi connectivity index (χ0v) is 25.7. The third-order valence-electron chi connectivity index (χ3n) is 7.74. The standard InChI is InChI=1S/C18H27N3O3.C14H19NO3/c1-22-9-6-20-18(14-19)4-7-21(8-5-18)13-15-10-16(23-2)12-17(11-15)24-3;1-17-13-7-11(8-14(9-13)18-2)10-15-5-3-12(16)4-6-15/h10-12,20H,4-9,13H2,1-3H3;7-9H,3-6,10H2,1-2H3. The molecule has 2 fully saturated rings. The van der Waals surface area contributed by atoms with Gasteiger partial charge in [0.15, 0.2) is 0 Å². The third kappa shape index (κ3) is 10.2. The van der Waals surface area contributed by atoms with Crippen molar-refractivity contribution in [1.82, 2.24) is 15.1 Å². The van der Waals surface area contributed by atoms with Gasteiger partial charge < -0.3 is 23.7 Å². The van der Waals surface area contributed by atoms with Crippen molar-refractivity contribution in [3.05, 3.63) is 47.5 Å². The quantitative estimate of drug-likeness (QED) is 0.373. The predicted octanol–water partition coefficient (Wildman–Crippen LogP) is 3.67. The van der Waals surface area contributed by atoms with Gasteiger partial charge in [-0.25, -0.2) is 0 Å². The number of nitrogens with one attached hydrogen (secondary N) is 1. The number of ether oxygens (including phenoxy) is 5. The highest BCUT2D eigenvalue weighted by Crippen LogP contribution is 2.27. The molecule has 0 bridgehead atoms. The number of carbonyl (C=O) groups is 1. The van der Waals surface area contributed by atoms with E-state index in [2.05, 4.69) is 21.2 Å². The van der Waals surface area contributed by atoms with Crippen molar-refractivity contribution in [1.29, 1.82) is 5.26 Å². The van der Waals surface area contributed by atoms with E-state index >= 15 is 0 Å². The largest absolute Gasteiger partial charge is 0.497 e. The summed E-state index contributed by atoms with van der Waals surface area (Å²) in [7, 11) is 8.29. The van der Waals surface area contributed by atoms with Gasteiger partial charge in [0.25, 0.3) is 0 Å². The molecule has 0 aromatic heterocycles. The lowest BCUT2D eigenvalue weighted by Gasteiger charge is -2.38. The van der Waals surface area contributed by atoms with E-state index in [4.69, 9.17) is 23.7 Å². The summed E-state index contributed by atoms with van der Waals surface area (Å²) >= 11 is 0. The number of likely N-dealkylation sites (tertiary alicyclic amines) is 2. The molecule has 0 saturated carbocycles. The van der Waals surface area contributed by atoms with Gasteiger partial charge in [0.1, 0.15) is 34.3 Å². The molecule has 2 aromatic rings. The SMILES string of the molecule is COCCNC1(C#N)CCN(Cc2cc(OC)cc(OC)c2)CC1.COc1cc(CN2CCC(=O)CC2)cc(OC)c1. The molecule has 0 spiro atoms. The lowest BCUT2D eigenvalue weighted by Crippen LogP contribution is -2.53. The Kier molecular flexibility index (Phi) is 13.4. The molecule has 1 N–H and O–H groups in total. The Bertz CT molecular complexity index is 1120. The second-order valence-corrected chi connectivity index (χ2v) is 10.6. The molecule has 0 aliphatic carbocycles. The highest BCUT2D eigenvalue weighted by Gasteiger charge is 2.34. The summed E-state index contributed by atoms with van der Waals surface area (Å²) in [5.74, 6) is 3.58. The molecule has 42 heavy (non-hydrogen) atoms. The van der Waals surface area contributed by atoms with E-state index in [9.17, 15) is 10.1 Å². The highest BCUT2D eigenvalue weighted by molar-refractivity contribution is 5.79. The summed E-state index contributed by atoms with van der Waals surface area (Å²) in [6.45, 7) is 6.44. The molecule has 0 amide bonds. The summed E-state index contributed by atoms with van der Waals surface area (Å²) in [6, 6.07) is 14.3. The van der Waals surface area contributed by atoms with E-state index in [0.717, 1.165) is 86.2 Å². The number of hydrogen-bond acceptors (Lipinski definition) is 10. The fourth-order valence-electron chi connectivity index (χ4n) is 5.21. The number of rotatable bonds is 12. The zero-order chi connectivity index (χ0) is 30.4. The average molecular weight is 583 g/mol. The molecule has 0 unspecified atom stereocenters. The fourth-order valence-corrected chi connectivity index (χ4v) is 5.21. The molecule has 2 aromatic carbocycles. The molecule has 10 heteroatoms. The first kappa shape index (κ1) is 33.1. The summed E-state index contributed by atoms with van der Waals surface area (Å²) in [4.78, 5) is 15.8. The summed E-state index contributed by atoms with van der Waals surface area (Å²) in [6.07, 6.45) is 2.96. The van der Waals surface area contributed by atoms with E-state index in [1.807, 2.05) is 36.4 Å². The van der Waals surface area contributed by atoms with Crippen LogP contribution in [0.3, 0.4) is 0 Å². The van der Waals surface area contributed by atoms with Crippen LogP contribution in [0.5, 0.6) is 23.0 Å². The van der Waals surface area contributed by atoms with E-state index in [1.54, 1.807) is 35.5 Å². The summed E-state index contributed by atoms with van der Waals surface area (Å²) in [5.41, 5.74) is 1.88. The van der Waals surface area contributed by atoms with Crippen molar-refractivity contribution < 1.29 is 28.5 Å². The van der Waals surface area contributed by atoms with E-state index in [0.29, 0.717) is 31.8 Å². The molecule has 2 heterocycles. The second kappa shape index (κ2) is 16.9. The number of piperidine rings is 2. The third-order valence-corrected chi connectivity index (χ3v) is 7.74. The second-order valence-electron chi connectivity index (χ2n) is 10.6. The number of methoxy groups -OCH3 is 5. The van der Waals surface area contributed by atoms with Gasteiger partial charge >= 0.3 is 0 Å². The topological polar surface area (TPSA) is 106 Å². The van der Waals surface area contributed by atoms with Crippen LogP contribution in [0.15, 0.2) is 36.4 Å². The van der Waals surface area contributed by atoms with Crippen molar-refractivity contribution in [3.63, 3.8) is 0 Å². The molecule has 4 rings (SSSR count). The molecule has 2 aliphatic heterocycles.